The van der Waals surface area contributed by atoms with Crippen LogP contribution in [0.1, 0.15) is 59.1 Å². The van der Waals surface area contributed by atoms with E-state index in [1.54, 1.807) is 12.4 Å². The van der Waals surface area contributed by atoms with E-state index in [9.17, 15) is 9.59 Å². The van der Waals surface area contributed by atoms with E-state index < -0.39 is 0 Å². The van der Waals surface area contributed by atoms with Gasteiger partial charge in [-0.05, 0) is 42.9 Å². The third kappa shape index (κ3) is 4.09. The van der Waals surface area contributed by atoms with Crippen molar-refractivity contribution in [1.82, 2.24) is 25.2 Å². The largest absolute Gasteiger partial charge is 0.350 e. The third-order valence-corrected chi connectivity index (χ3v) is 4.41. The first kappa shape index (κ1) is 18.1. The Labute approximate surface area is 153 Å². The van der Waals surface area contributed by atoms with E-state index in [4.69, 9.17) is 0 Å². The fraction of sp³-hybridized carbons (Fsp3) is 0.474. The average Bonchev–Trinajstić information content (AvgIpc) is 3.05. The summed E-state index contributed by atoms with van der Waals surface area (Å²) in [5.41, 5.74) is 2.22. The lowest BCUT2D eigenvalue weighted by Crippen LogP contribution is -2.29. The minimum Gasteiger partial charge on any atom is -0.350 e. The molecule has 0 fully saturated rings. The zero-order chi connectivity index (χ0) is 18.5. The van der Waals surface area contributed by atoms with Crippen LogP contribution < -0.4 is 10.6 Å². The molecule has 0 unspecified atom stereocenters. The molecule has 138 valence electrons. The maximum atomic E-state index is 12.7. The summed E-state index contributed by atoms with van der Waals surface area (Å²) in [5.74, 6) is 0.231. The number of pyridine rings is 1. The van der Waals surface area contributed by atoms with Crippen molar-refractivity contribution in [2.45, 2.75) is 46.2 Å². The topological polar surface area (TPSA) is 88.9 Å². The van der Waals surface area contributed by atoms with Crippen LogP contribution in [0.5, 0.6) is 0 Å². The molecule has 0 aliphatic carbocycles. The normalized spacial score (nSPS) is 13.3. The molecule has 7 nitrogen and oxygen atoms in total. The van der Waals surface area contributed by atoms with Crippen LogP contribution in [-0.4, -0.2) is 32.9 Å². The van der Waals surface area contributed by atoms with Crippen molar-refractivity contribution in [3.05, 3.63) is 47.3 Å². The summed E-state index contributed by atoms with van der Waals surface area (Å²) >= 11 is 0. The van der Waals surface area contributed by atoms with E-state index in [2.05, 4.69) is 20.6 Å². The maximum absolute atomic E-state index is 12.7. The first-order chi connectivity index (χ1) is 12.6. The zero-order valence-electron chi connectivity index (χ0n) is 15.3. The number of amides is 2. The molecule has 2 aromatic heterocycles. The van der Waals surface area contributed by atoms with Crippen molar-refractivity contribution in [3.63, 3.8) is 0 Å². The predicted octanol–water partition coefficient (Wildman–Crippen LogP) is 1.93. The Kier molecular flexibility index (Phi) is 5.65. The minimum atomic E-state index is -0.257. The Morgan fingerprint density at radius 3 is 2.65 bits per heavy atom. The number of nitrogens with zero attached hydrogens (tertiary/aromatic N) is 3. The summed E-state index contributed by atoms with van der Waals surface area (Å²) in [6.45, 7) is 5.80. The van der Waals surface area contributed by atoms with Gasteiger partial charge in [-0.3, -0.25) is 14.6 Å². The van der Waals surface area contributed by atoms with Crippen LogP contribution in [0.3, 0.4) is 0 Å². The standard InChI is InChI=1S/C19H25N5O2/c1-13(2)11-21-18(25)16-15-5-3-4-10-24(15)17(23-16)19(26)22-12-14-6-8-20-9-7-14/h6-9,13H,3-5,10-12H2,1-2H3,(H,21,25)(H,22,26). The molecule has 0 bridgehead atoms. The van der Waals surface area contributed by atoms with Crippen molar-refractivity contribution >= 4 is 11.8 Å². The van der Waals surface area contributed by atoms with Gasteiger partial charge in [-0.2, -0.15) is 0 Å². The number of hydrogen-bond acceptors (Lipinski definition) is 4. The predicted molar refractivity (Wildman–Crippen MR) is 97.7 cm³/mol. The Balaban J connectivity index is 1.78. The Morgan fingerprint density at radius 1 is 1.15 bits per heavy atom. The molecule has 3 heterocycles. The molecule has 0 saturated heterocycles. The molecule has 7 heteroatoms. The number of hydrogen-bond donors (Lipinski definition) is 2. The van der Waals surface area contributed by atoms with Gasteiger partial charge in [-0.25, -0.2) is 4.98 Å². The van der Waals surface area contributed by atoms with Gasteiger partial charge >= 0.3 is 0 Å². The SMILES string of the molecule is CC(C)CNC(=O)c1nc(C(=O)NCc2ccncc2)n2c1CCCC2. The van der Waals surface area contributed by atoms with Gasteiger partial charge in [0.25, 0.3) is 11.8 Å². The second-order valence-electron chi connectivity index (χ2n) is 6.98. The Bertz CT molecular complexity index is 783. The lowest BCUT2D eigenvalue weighted by Gasteiger charge is -2.17. The Morgan fingerprint density at radius 2 is 1.92 bits per heavy atom. The summed E-state index contributed by atoms with van der Waals surface area (Å²) in [7, 11) is 0. The average molecular weight is 355 g/mol. The first-order valence-corrected chi connectivity index (χ1v) is 9.11. The number of carbonyl (C=O) groups excluding carboxylic acids is 2. The highest BCUT2D eigenvalue weighted by atomic mass is 16.2. The van der Waals surface area contributed by atoms with Crippen LogP contribution in [0.4, 0.5) is 0 Å². The van der Waals surface area contributed by atoms with Gasteiger partial charge in [0.15, 0.2) is 5.82 Å². The summed E-state index contributed by atoms with van der Waals surface area (Å²) in [6.07, 6.45) is 6.15. The number of nitrogens with one attached hydrogen (secondary N) is 2. The number of imidazole rings is 1. The highest BCUT2D eigenvalue weighted by Gasteiger charge is 2.27. The number of aromatic nitrogens is 3. The molecule has 1 aliphatic heterocycles. The van der Waals surface area contributed by atoms with Crippen molar-refractivity contribution in [3.8, 4) is 0 Å². The van der Waals surface area contributed by atoms with Crippen molar-refractivity contribution in [2.24, 2.45) is 5.92 Å². The van der Waals surface area contributed by atoms with Gasteiger partial charge in [0.2, 0.25) is 0 Å². The minimum absolute atomic E-state index is 0.197. The summed E-state index contributed by atoms with van der Waals surface area (Å²) in [6, 6.07) is 3.71. The lowest BCUT2D eigenvalue weighted by atomic mass is 10.1. The molecule has 26 heavy (non-hydrogen) atoms. The van der Waals surface area contributed by atoms with Crippen LogP contribution >= 0.6 is 0 Å². The van der Waals surface area contributed by atoms with Crippen LogP contribution in [0.15, 0.2) is 24.5 Å². The zero-order valence-corrected chi connectivity index (χ0v) is 15.3. The van der Waals surface area contributed by atoms with Crippen molar-refractivity contribution < 1.29 is 9.59 Å². The molecular formula is C19H25N5O2. The highest BCUT2D eigenvalue weighted by molar-refractivity contribution is 5.97. The quantitative estimate of drug-likeness (QED) is 0.829. The fourth-order valence-electron chi connectivity index (χ4n) is 3.04. The van der Waals surface area contributed by atoms with E-state index in [0.717, 1.165) is 37.1 Å². The molecule has 0 radical (unpaired) electrons. The maximum Gasteiger partial charge on any atom is 0.287 e. The summed E-state index contributed by atoms with van der Waals surface area (Å²) in [5, 5.41) is 5.79. The molecule has 0 spiro atoms. The molecule has 2 N–H and O–H groups in total. The molecule has 1 aliphatic rings. The number of carbonyl (C=O) groups is 2. The molecule has 0 aromatic carbocycles. The Hall–Kier alpha value is -2.70. The second kappa shape index (κ2) is 8.12. The van der Waals surface area contributed by atoms with Crippen LogP contribution in [-0.2, 0) is 19.5 Å². The van der Waals surface area contributed by atoms with E-state index >= 15 is 0 Å². The van der Waals surface area contributed by atoms with Gasteiger partial charge in [0, 0.05) is 32.0 Å². The molecule has 3 rings (SSSR count). The van der Waals surface area contributed by atoms with Crippen molar-refractivity contribution in [1.29, 1.82) is 0 Å². The number of rotatable bonds is 6. The van der Waals surface area contributed by atoms with Gasteiger partial charge < -0.3 is 15.2 Å². The van der Waals surface area contributed by atoms with E-state index in [1.807, 2.05) is 30.5 Å². The van der Waals surface area contributed by atoms with Crippen LogP contribution in [0, 0.1) is 5.92 Å². The highest BCUT2D eigenvalue weighted by Crippen LogP contribution is 2.21. The van der Waals surface area contributed by atoms with Gasteiger partial charge in [-0.15, -0.1) is 0 Å². The molecule has 0 atom stereocenters. The number of fused-ring (bicyclic) bond motifs is 1. The van der Waals surface area contributed by atoms with E-state index in [1.165, 1.54) is 0 Å². The van der Waals surface area contributed by atoms with E-state index in [0.29, 0.717) is 30.5 Å². The van der Waals surface area contributed by atoms with E-state index in [-0.39, 0.29) is 11.8 Å². The summed E-state index contributed by atoms with van der Waals surface area (Å²) in [4.78, 5) is 33.5. The van der Waals surface area contributed by atoms with Gasteiger partial charge in [0.1, 0.15) is 5.69 Å². The molecule has 0 saturated carbocycles. The van der Waals surface area contributed by atoms with Crippen LogP contribution in [0.2, 0.25) is 0 Å². The van der Waals surface area contributed by atoms with Gasteiger partial charge in [0.05, 0.1) is 5.69 Å². The second-order valence-corrected chi connectivity index (χ2v) is 6.98. The molecule has 2 amide bonds. The molecular weight excluding hydrogens is 330 g/mol. The smallest absolute Gasteiger partial charge is 0.287 e. The lowest BCUT2D eigenvalue weighted by molar-refractivity contribution is 0.0935. The third-order valence-electron chi connectivity index (χ3n) is 4.41. The monoisotopic (exact) mass is 355 g/mol. The fourth-order valence-corrected chi connectivity index (χ4v) is 3.04. The summed E-state index contributed by atoms with van der Waals surface area (Å²) < 4.78 is 1.90. The van der Waals surface area contributed by atoms with Gasteiger partial charge in [-0.1, -0.05) is 13.8 Å². The first-order valence-electron chi connectivity index (χ1n) is 9.11. The molecule has 2 aromatic rings. The van der Waals surface area contributed by atoms with Crippen LogP contribution in [0.25, 0.3) is 0 Å². The van der Waals surface area contributed by atoms with Crippen molar-refractivity contribution in [2.75, 3.05) is 6.54 Å².